The van der Waals surface area contributed by atoms with Gasteiger partial charge in [-0.3, -0.25) is 0 Å². The lowest BCUT2D eigenvalue weighted by Crippen LogP contribution is -2.49. The Balaban J connectivity index is 0.00000363. The molecule has 0 amide bonds. The van der Waals surface area contributed by atoms with E-state index in [0.717, 1.165) is 76.7 Å². The SMILES string of the molecule is CCNC(=NCc1ccc(N2CCN(CC)CC2)c(F)c1)NC1CCN(C(C)C)CC1.I. The maximum Gasteiger partial charge on any atom is 0.191 e. The monoisotopic (exact) mass is 560 g/mol. The van der Waals surface area contributed by atoms with E-state index in [1.54, 1.807) is 6.07 Å². The fraction of sp³-hybridized carbons (Fsp3) is 0.708. The number of nitrogens with one attached hydrogen (secondary N) is 2. The van der Waals surface area contributed by atoms with Gasteiger partial charge in [0.15, 0.2) is 5.96 Å². The number of hydrogen-bond donors (Lipinski definition) is 2. The van der Waals surface area contributed by atoms with Gasteiger partial charge in [0.1, 0.15) is 5.82 Å². The smallest absolute Gasteiger partial charge is 0.191 e. The standard InChI is InChI=1S/C24H41FN6.HI/c1-5-26-24(28-21-9-11-30(12-10-21)19(3)4)27-18-20-7-8-23(22(25)17-20)31-15-13-29(6-2)14-16-31;/h7-8,17,19,21H,5-6,9-16,18H2,1-4H3,(H2,26,27,28);1H. The van der Waals surface area contributed by atoms with Gasteiger partial charge in [-0.2, -0.15) is 0 Å². The van der Waals surface area contributed by atoms with Crippen molar-refractivity contribution in [2.45, 2.75) is 59.2 Å². The number of likely N-dealkylation sites (N-methyl/N-ethyl adjacent to an activating group) is 1. The van der Waals surface area contributed by atoms with Crippen LogP contribution in [-0.2, 0) is 6.54 Å². The predicted octanol–water partition coefficient (Wildman–Crippen LogP) is 3.51. The average molecular weight is 561 g/mol. The predicted molar refractivity (Wildman–Crippen MR) is 144 cm³/mol. The summed E-state index contributed by atoms with van der Waals surface area (Å²) in [4.78, 5) is 11.8. The van der Waals surface area contributed by atoms with Crippen LogP contribution in [0.5, 0.6) is 0 Å². The van der Waals surface area contributed by atoms with Crippen LogP contribution in [0, 0.1) is 5.82 Å². The van der Waals surface area contributed by atoms with E-state index in [0.29, 0.717) is 24.3 Å². The van der Waals surface area contributed by atoms with Gasteiger partial charge in [-0.15, -0.1) is 24.0 Å². The van der Waals surface area contributed by atoms with Crippen molar-refractivity contribution in [3.8, 4) is 0 Å². The molecule has 6 nitrogen and oxygen atoms in total. The maximum absolute atomic E-state index is 14.8. The Morgan fingerprint density at radius 2 is 1.78 bits per heavy atom. The summed E-state index contributed by atoms with van der Waals surface area (Å²) in [5.74, 6) is 0.683. The van der Waals surface area contributed by atoms with Crippen molar-refractivity contribution in [1.29, 1.82) is 0 Å². The second-order valence-electron chi connectivity index (χ2n) is 8.95. The van der Waals surface area contributed by atoms with Gasteiger partial charge < -0.3 is 25.3 Å². The zero-order valence-electron chi connectivity index (χ0n) is 20.2. The van der Waals surface area contributed by atoms with E-state index in [2.05, 4.69) is 53.0 Å². The summed E-state index contributed by atoms with van der Waals surface area (Å²) in [5.41, 5.74) is 1.62. The van der Waals surface area contributed by atoms with Crippen molar-refractivity contribution in [3.05, 3.63) is 29.6 Å². The largest absolute Gasteiger partial charge is 0.367 e. The number of halogens is 2. The average Bonchev–Trinajstić information content (AvgIpc) is 2.78. The summed E-state index contributed by atoms with van der Waals surface area (Å²) in [7, 11) is 0. The molecule has 2 fully saturated rings. The van der Waals surface area contributed by atoms with Crippen LogP contribution in [0.3, 0.4) is 0 Å². The van der Waals surface area contributed by atoms with Gasteiger partial charge in [0.25, 0.3) is 0 Å². The summed E-state index contributed by atoms with van der Waals surface area (Å²) in [6.07, 6.45) is 2.24. The van der Waals surface area contributed by atoms with E-state index in [4.69, 9.17) is 4.99 Å². The molecule has 3 rings (SSSR count). The molecule has 1 aromatic carbocycles. The molecule has 2 heterocycles. The molecule has 2 N–H and O–H groups in total. The first kappa shape index (κ1) is 27.1. The number of piperidine rings is 1. The molecule has 0 bridgehead atoms. The summed E-state index contributed by atoms with van der Waals surface area (Å²) in [6, 6.07) is 6.63. The highest BCUT2D eigenvalue weighted by molar-refractivity contribution is 14.0. The molecule has 2 aliphatic heterocycles. The molecule has 0 unspecified atom stereocenters. The first-order chi connectivity index (χ1) is 15.0. The molecule has 0 aliphatic carbocycles. The maximum atomic E-state index is 14.8. The van der Waals surface area contributed by atoms with Gasteiger partial charge in [0.2, 0.25) is 0 Å². The minimum absolute atomic E-state index is 0. The van der Waals surface area contributed by atoms with Crippen molar-refractivity contribution in [2.75, 3.05) is 57.3 Å². The molecule has 0 atom stereocenters. The van der Waals surface area contributed by atoms with Gasteiger partial charge in [-0.1, -0.05) is 13.0 Å². The number of piperazine rings is 1. The summed E-state index contributed by atoms with van der Waals surface area (Å²) in [5, 5.41) is 6.92. The molecule has 1 aromatic rings. The fourth-order valence-electron chi connectivity index (χ4n) is 4.45. The van der Waals surface area contributed by atoms with Gasteiger partial charge in [0, 0.05) is 57.9 Å². The molecule has 0 saturated carbocycles. The zero-order chi connectivity index (χ0) is 22.2. The van der Waals surface area contributed by atoms with E-state index in [-0.39, 0.29) is 29.8 Å². The van der Waals surface area contributed by atoms with Crippen molar-refractivity contribution >= 4 is 35.6 Å². The zero-order valence-corrected chi connectivity index (χ0v) is 22.6. The lowest BCUT2D eigenvalue weighted by molar-refractivity contribution is 0.167. The molecule has 8 heteroatoms. The highest BCUT2D eigenvalue weighted by atomic mass is 127. The van der Waals surface area contributed by atoms with E-state index in [9.17, 15) is 4.39 Å². The van der Waals surface area contributed by atoms with Crippen LogP contribution < -0.4 is 15.5 Å². The third kappa shape index (κ3) is 7.73. The second-order valence-corrected chi connectivity index (χ2v) is 8.95. The molecule has 2 aliphatic rings. The number of aliphatic imine (C=N–C) groups is 1. The first-order valence-corrected chi connectivity index (χ1v) is 12.0. The summed E-state index contributed by atoms with van der Waals surface area (Å²) < 4.78 is 14.8. The van der Waals surface area contributed by atoms with Crippen LogP contribution in [0.15, 0.2) is 23.2 Å². The first-order valence-electron chi connectivity index (χ1n) is 12.0. The van der Waals surface area contributed by atoms with Gasteiger partial charge >= 0.3 is 0 Å². The van der Waals surface area contributed by atoms with Crippen molar-refractivity contribution in [3.63, 3.8) is 0 Å². The second kappa shape index (κ2) is 13.5. The van der Waals surface area contributed by atoms with Crippen molar-refractivity contribution in [2.24, 2.45) is 4.99 Å². The third-order valence-electron chi connectivity index (χ3n) is 6.54. The normalized spacial score (nSPS) is 19.2. The Hall–Kier alpha value is -1.13. The Morgan fingerprint density at radius 3 is 2.34 bits per heavy atom. The lowest BCUT2D eigenvalue weighted by atomic mass is 10.0. The third-order valence-corrected chi connectivity index (χ3v) is 6.54. The molecule has 32 heavy (non-hydrogen) atoms. The fourth-order valence-corrected chi connectivity index (χ4v) is 4.45. The highest BCUT2D eigenvalue weighted by Gasteiger charge is 2.22. The summed E-state index contributed by atoms with van der Waals surface area (Å²) >= 11 is 0. The number of rotatable bonds is 7. The number of benzene rings is 1. The Kier molecular flexibility index (Phi) is 11.5. The molecule has 182 valence electrons. The Labute approximate surface area is 211 Å². The molecule has 0 spiro atoms. The van der Waals surface area contributed by atoms with E-state index >= 15 is 0 Å². The van der Waals surface area contributed by atoms with Crippen LogP contribution in [-0.4, -0.2) is 80.2 Å². The number of anilines is 1. The highest BCUT2D eigenvalue weighted by Crippen LogP contribution is 2.22. The van der Waals surface area contributed by atoms with Crippen molar-refractivity contribution in [1.82, 2.24) is 20.4 Å². The number of nitrogens with zero attached hydrogens (tertiary/aromatic N) is 4. The Morgan fingerprint density at radius 1 is 1.09 bits per heavy atom. The molecule has 2 saturated heterocycles. The van der Waals surface area contributed by atoms with E-state index in [1.165, 1.54) is 0 Å². The van der Waals surface area contributed by atoms with Crippen molar-refractivity contribution < 1.29 is 4.39 Å². The van der Waals surface area contributed by atoms with Crippen LogP contribution >= 0.6 is 24.0 Å². The Bertz CT molecular complexity index is 712. The minimum Gasteiger partial charge on any atom is -0.367 e. The molecule has 0 aromatic heterocycles. The molecular weight excluding hydrogens is 518 g/mol. The topological polar surface area (TPSA) is 46.1 Å². The van der Waals surface area contributed by atoms with Gasteiger partial charge in [-0.25, -0.2) is 9.38 Å². The van der Waals surface area contributed by atoms with Gasteiger partial charge in [0.05, 0.1) is 12.2 Å². The minimum atomic E-state index is -0.142. The number of likely N-dealkylation sites (tertiary alicyclic amines) is 1. The quantitative estimate of drug-likeness (QED) is 0.304. The van der Waals surface area contributed by atoms with Crippen LogP contribution in [0.2, 0.25) is 0 Å². The van der Waals surface area contributed by atoms with E-state index < -0.39 is 0 Å². The number of hydrogen-bond acceptors (Lipinski definition) is 4. The lowest BCUT2D eigenvalue weighted by Gasteiger charge is -2.35. The van der Waals surface area contributed by atoms with Gasteiger partial charge in [-0.05, 0) is 57.9 Å². The molecule has 0 radical (unpaired) electrons. The number of guanidine groups is 1. The summed E-state index contributed by atoms with van der Waals surface area (Å²) in [6.45, 7) is 17.1. The van der Waals surface area contributed by atoms with Crippen LogP contribution in [0.25, 0.3) is 0 Å². The van der Waals surface area contributed by atoms with Crippen LogP contribution in [0.1, 0.15) is 46.1 Å². The molecular formula is C24H42FIN6. The van der Waals surface area contributed by atoms with E-state index in [1.807, 2.05) is 12.1 Å². The van der Waals surface area contributed by atoms with Crippen LogP contribution in [0.4, 0.5) is 10.1 Å².